The number of aromatic amines is 1. The van der Waals surface area contributed by atoms with Crippen LogP contribution in [0.1, 0.15) is 17.0 Å². The molecule has 0 amide bonds. The average Bonchev–Trinajstić information content (AvgIpc) is 3.29. The predicted octanol–water partition coefficient (Wildman–Crippen LogP) is 3.43. The molecule has 1 aliphatic rings. The Morgan fingerprint density at radius 1 is 1.11 bits per heavy atom. The third-order valence-corrected chi connectivity index (χ3v) is 5.16. The van der Waals surface area contributed by atoms with Gasteiger partial charge in [-0.1, -0.05) is 30.3 Å². The van der Waals surface area contributed by atoms with Gasteiger partial charge >= 0.3 is 0 Å². The summed E-state index contributed by atoms with van der Waals surface area (Å²) in [6, 6.07) is 18.8. The van der Waals surface area contributed by atoms with E-state index in [4.69, 9.17) is 10.5 Å². The monoisotopic (exact) mass is 384 g/mol. The van der Waals surface area contributed by atoms with Crippen molar-refractivity contribution in [1.82, 2.24) is 15.1 Å². The van der Waals surface area contributed by atoms with E-state index in [9.17, 15) is 0 Å². The van der Waals surface area contributed by atoms with Gasteiger partial charge in [-0.3, -0.25) is 10.00 Å². The summed E-state index contributed by atoms with van der Waals surface area (Å²) in [4.78, 5) is 2.42. The summed E-state index contributed by atoms with van der Waals surface area (Å²) in [5.41, 5.74) is 11.1. The quantitative estimate of drug-likeness (QED) is 0.707. The van der Waals surface area contributed by atoms with Crippen molar-refractivity contribution in [2.24, 2.45) is 5.73 Å². The molecule has 0 saturated carbocycles. The van der Waals surface area contributed by atoms with Gasteiger partial charge in [-0.2, -0.15) is 5.10 Å². The molecule has 0 bridgehead atoms. The van der Waals surface area contributed by atoms with E-state index < -0.39 is 0 Å². The molecule has 0 spiro atoms. The van der Waals surface area contributed by atoms with Crippen LogP contribution < -0.4 is 10.5 Å². The summed E-state index contributed by atoms with van der Waals surface area (Å²) in [7, 11) is 1.68. The summed E-state index contributed by atoms with van der Waals surface area (Å²) in [5, 5.41) is 7.40. The molecule has 2 aromatic carbocycles. The Balaban J connectivity index is 0.00000210. The number of nitrogens with two attached hydrogens (primary N) is 1. The second-order valence-corrected chi connectivity index (χ2v) is 6.87. The maximum absolute atomic E-state index is 6.43. The maximum Gasteiger partial charge on any atom is 0.118 e. The van der Waals surface area contributed by atoms with Crippen LogP contribution in [0.3, 0.4) is 0 Å². The van der Waals surface area contributed by atoms with Crippen LogP contribution in [-0.2, 0) is 6.54 Å². The highest BCUT2D eigenvalue weighted by atomic mass is 35.5. The first-order valence-electron chi connectivity index (χ1n) is 8.94. The fourth-order valence-corrected chi connectivity index (χ4v) is 3.77. The summed E-state index contributed by atoms with van der Waals surface area (Å²) < 4.78 is 5.24. The molecule has 2 heterocycles. The first-order valence-corrected chi connectivity index (χ1v) is 8.94. The minimum atomic E-state index is 0. The highest BCUT2D eigenvalue weighted by molar-refractivity contribution is 5.85. The van der Waals surface area contributed by atoms with Crippen LogP contribution in [0.25, 0.3) is 11.3 Å². The van der Waals surface area contributed by atoms with Gasteiger partial charge in [0.15, 0.2) is 0 Å². The molecule has 4 rings (SSSR count). The van der Waals surface area contributed by atoms with Crippen LogP contribution in [0.15, 0.2) is 60.8 Å². The van der Waals surface area contributed by atoms with Gasteiger partial charge in [-0.15, -0.1) is 12.4 Å². The minimum Gasteiger partial charge on any atom is -0.497 e. The zero-order chi connectivity index (χ0) is 17.9. The SMILES string of the molecule is COc1ccc(-c2[nH]ncc2CN2C[C@@H](N)[C@H](c3ccccc3)C2)cc1.Cl. The normalized spacial score (nSPS) is 19.6. The Morgan fingerprint density at radius 3 is 2.56 bits per heavy atom. The summed E-state index contributed by atoms with van der Waals surface area (Å²) in [6.45, 7) is 2.71. The van der Waals surface area contributed by atoms with Crippen molar-refractivity contribution < 1.29 is 4.74 Å². The van der Waals surface area contributed by atoms with Gasteiger partial charge in [0.25, 0.3) is 0 Å². The van der Waals surface area contributed by atoms with Gasteiger partial charge in [-0.25, -0.2) is 0 Å². The molecule has 1 aromatic heterocycles. The number of nitrogens with zero attached hydrogens (tertiary/aromatic N) is 2. The Morgan fingerprint density at radius 2 is 1.85 bits per heavy atom. The van der Waals surface area contributed by atoms with Gasteiger partial charge in [0.05, 0.1) is 19.0 Å². The van der Waals surface area contributed by atoms with Crippen LogP contribution >= 0.6 is 12.4 Å². The predicted molar refractivity (Wildman–Crippen MR) is 110 cm³/mol. The Labute approximate surface area is 165 Å². The Bertz CT molecular complexity index is 850. The second-order valence-electron chi connectivity index (χ2n) is 6.87. The van der Waals surface area contributed by atoms with Crippen molar-refractivity contribution in [3.8, 4) is 17.0 Å². The first kappa shape index (κ1) is 19.4. The number of H-pyrrole nitrogens is 1. The lowest BCUT2D eigenvalue weighted by atomic mass is 9.95. The fraction of sp³-hybridized carbons (Fsp3) is 0.286. The summed E-state index contributed by atoms with van der Waals surface area (Å²) in [6.07, 6.45) is 1.92. The Kier molecular flexibility index (Phi) is 6.16. The lowest BCUT2D eigenvalue weighted by Gasteiger charge is -2.16. The molecule has 3 aromatic rings. The number of benzene rings is 2. The number of ether oxygens (including phenoxy) is 1. The van der Waals surface area contributed by atoms with E-state index in [2.05, 4.69) is 51.5 Å². The van der Waals surface area contributed by atoms with Gasteiger partial charge in [0.2, 0.25) is 0 Å². The number of aromatic nitrogens is 2. The van der Waals surface area contributed by atoms with E-state index in [0.29, 0.717) is 5.92 Å². The number of nitrogens with one attached hydrogen (secondary N) is 1. The number of hydrogen-bond acceptors (Lipinski definition) is 4. The van der Waals surface area contributed by atoms with Crippen molar-refractivity contribution in [2.45, 2.75) is 18.5 Å². The summed E-state index contributed by atoms with van der Waals surface area (Å²) >= 11 is 0. The molecular weight excluding hydrogens is 360 g/mol. The molecule has 1 fully saturated rings. The minimum absolute atomic E-state index is 0. The standard InChI is InChI=1S/C21H24N4O.ClH/c1-26-18-9-7-16(8-10-18)21-17(11-23-24-21)12-25-13-19(20(22)14-25)15-5-3-2-4-6-15;/h2-11,19-20H,12-14,22H2,1H3,(H,23,24);1H/t19-,20+;/m0./s1. The van der Waals surface area contributed by atoms with E-state index >= 15 is 0 Å². The number of rotatable bonds is 5. The van der Waals surface area contributed by atoms with Crippen LogP contribution in [0.4, 0.5) is 0 Å². The van der Waals surface area contributed by atoms with Crippen molar-refractivity contribution in [3.05, 3.63) is 71.9 Å². The van der Waals surface area contributed by atoms with E-state index in [1.54, 1.807) is 7.11 Å². The van der Waals surface area contributed by atoms with Gasteiger partial charge in [0.1, 0.15) is 5.75 Å². The molecule has 0 unspecified atom stereocenters. The van der Waals surface area contributed by atoms with Gasteiger partial charge in [-0.05, 0) is 29.8 Å². The van der Waals surface area contributed by atoms with E-state index in [1.165, 1.54) is 11.1 Å². The van der Waals surface area contributed by atoms with Gasteiger partial charge in [0, 0.05) is 42.7 Å². The topological polar surface area (TPSA) is 67.2 Å². The highest BCUT2D eigenvalue weighted by Crippen LogP contribution is 2.30. The molecule has 0 aliphatic carbocycles. The smallest absolute Gasteiger partial charge is 0.118 e. The number of likely N-dealkylation sites (tertiary alicyclic amines) is 1. The molecule has 142 valence electrons. The fourth-order valence-electron chi connectivity index (χ4n) is 3.77. The number of halogens is 1. The number of hydrogen-bond donors (Lipinski definition) is 2. The van der Waals surface area contributed by atoms with Crippen molar-refractivity contribution >= 4 is 12.4 Å². The third kappa shape index (κ3) is 4.16. The molecule has 5 nitrogen and oxygen atoms in total. The van der Waals surface area contributed by atoms with Crippen molar-refractivity contribution in [2.75, 3.05) is 20.2 Å². The molecule has 1 aliphatic heterocycles. The zero-order valence-corrected chi connectivity index (χ0v) is 16.2. The Hall–Kier alpha value is -2.34. The third-order valence-electron chi connectivity index (χ3n) is 5.16. The lowest BCUT2D eigenvalue weighted by molar-refractivity contribution is 0.324. The summed E-state index contributed by atoms with van der Waals surface area (Å²) in [5.74, 6) is 1.23. The zero-order valence-electron chi connectivity index (χ0n) is 15.3. The molecule has 0 radical (unpaired) electrons. The van der Waals surface area contributed by atoms with E-state index in [-0.39, 0.29) is 18.4 Å². The van der Waals surface area contributed by atoms with Crippen LogP contribution in [0.2, 0.25) is 0 Å². The van der Waals surface area contributed by atoms with Gasteiger partial charge < -0.3 is 10.5 Å². The largest absolute Gasteiger partial charge is 0.497 e. The van der Waals surface area contributed by atoms with Crippen molar-refractivity contribution in [1.29, 1.82) is 0 Å². The lowest BCUT2D eigenvalue weighted by Crippen LogP contribution is -2.28. The molecule has 1 saturated heterocycles. The van der Waals surface area contributed by atoms with E-state index in [0.717, 1.165) is 36.6 Å². The molecule has 2 atom stereocenters. The van der Waals surface area contributed by atoms with Crippen LogP contribution in [0, 0.1) is 0 Å². The van der Waals surface area contributed by atoms with Crippen LogP contribution in [-0.4, -0.2) is 41.3 Å². The molecule has 3 N–H and O–H groups in total. The molecule has 27 heavy (non-hydrogen) atoms. The maximum atomic E-state index is 6.43. The van der Waals surface area contributed by atoms with Crippen LogP contribution in [0.5, 0.6) is 5.75 Å². The van der Waals surface area contributed by atoms with E-state index in [1.807, 2.05) is 24.4 Å². The second kappa shape index (κ2) is 8.57. The first-order chi connectivity index (χ1) is 12.7. The molecular formula is C21H25ClN4O. The highest BCUT2D eigenvalue weighted by Gasteiger charge is 2.31. The number of methoxy groups -OCH3 is 1. The molecule has 6 heteroatoms. The van der Waals surface area contributed by atoms with Crippen molar-refractivity contribution in [3.63, 3.8) is 0 Å². The average molecular weight is 385 g/mol.